The molecule has 0 unspecified atom stereocenters. The van der Waals surface area contributed by atoms with Crippen LogP contribution in [0, 0.1) is 10.1 Å². The first-order chi connectivity index (χ1) is 13.6. The Balaban J connectivity index is 1.57. The maximum atomic E-state index is 11.2. The zero-order valence-corrected chi connectivity index (χ0v) is 15.3. The van der Waals surface area contributed by atoms with Gasteiger partial charge in [-0.15, -0.1) is 11.3 Å². The van der Waals surface area contributed by atoms with Crippen molar-refractivity contribution in [2.45, 2.75) is 0 Å². The van der Waals surface area contributed by atoms with Crippen LogP contribution in [-0.4, -0.2) is 19.9 Å². The lowest BCUT2D eigenvalue weighted by Gasteiger charge is -2.07. The number of rotatable bonds is 5. The molecule has 0 saturated carbocycles. The number of nitrogens with zero attached hydrogens (tertiary/aromatic N) is 4. The number of anilines is 3. The predicted molar refractivity (Wildman–Crippen MR) is 109 cm³/mol. The van der Waals surface area contributed by atoms with Gasteiger partial charge < -0.3 is 11.1 Å². The lowest BCUT2D eigenvalue weighted by Crippen LogP contribution is -2.04. The number of nitrogens with two attached hydrogens (primary N) is 1. The van der Waals surface area contributed by atoms with Gasteiger partial charge in [0.2, 0.25) is 11.6 Å². The van der Waals surface area contributed by atoms with Crippen molar-refractivity contribution in [3.05, 3.63) is 76.4 Å². The first kappa shape index (κ1) is 17.6. The van der Waals surface area contributed by atoms with Crippen molar-refractivity contribution in [3.63, 3.8) is 0 Å². The first-order valence-corrected chi connectivity index (χ1v) is 9.13. The van der Waals surface area contributed by atoms with Gasteiger partial charge in [0.25, 0.3) is 0 Å². The molecule has 0 aliphatic rings. The number of hydrogen-bond acceptors (Lipinski definition) is 8. The number of nitro groups is 1. The van der Waals surface area contributed by atoms with E-state index in [-0.39, 0.29) is 17.3 Å². The van der Waals surface area contributed by atoms with Crippen LogP contribution in [0.5, 0.6) is 0 Å². The van der Waals surface area contributed by atoms with E-state index in [2.05, 4.69) is 20.3 Å². The molecule has 0 radical (unpaired) electrons. The van der Waals surface area contributed by atoms with Crippen LogP contribution < -0.4 is 11.1 Å². The summed E-state index contributed by atoms with van der Waals surface area (Å²) in [6.45, 7) is 0. The maximum Gasteiger partial charge on any atom is 0.353 e. The van der Waals surface area contributed by atoms with Gasteiger partial charge in [0.05, 0.1) is 10.6 Å². The molecular formula is C19H14N6O2S. The van der Waals surface area contributed by atoms with Crippen molar-refractivity contribution in [1.82, 2.24) is 15.0 Å². The molecule has 0 atom stereocenters. The van der Waals surface area contributed by atoms with Crippen LogP contribution in [-0.2, 0) is 0 Å². The van der Waals surface area contributed by atoms with E-state index in [0.29, 0.717) is 5.69 Å². The SMILES string of the molecule is Nc1ncnc(Nc2ccc(-c3csc(-c4ccccc4)n3)cc2)c1[N+](=O)[O-]. The first-order valence-electron chi connectivity index (χ1n) is 8.25. The van der Waals surface area contributed by atoms with Gasteiger partial charge in [-0.25, -0.2) is 15.0 Å². The minimum absolute atomic E-state index is 0.0465. The molecule has 0 bridgehead atoms. The number of nitrogens with one attached hydrogen (secondary N) is 1. The monoisotopic (exact) mass is 390 g/mol. The lowest BCUT2D eigenvalue weighted by atomic mass is 10.1. The molecule has 138 valence electrons. The normalized spacial score (nSPS) is 10.6. The molecule has 4 aromatic rings. The summed E-state index contributed by atoms with van der Waals surface area (Å²) in [7, 11) is 0. The number of benzene rings is 2. The lowest BCUT2D eigenvalue weighted by molar-refractivity contribution is -0.383. The third-order valence-electron chi connectivity index (χ3n) is 4.00. The minimum atomic E-state index is -0.605. The third-order valence-corrected chi connectivity index (χ3v) is 4.89. The van der Waals surface area contributed by atoms with Crippen molar-refractivity contribution < 1.29 is 4.92 Å². The zero-order valence-electron chi connectivity index (χ0n) is 14.4. The molecule has 2 aromatic carbocycles. The minimum Gasteiger partial charge on any atom is -0.378 e. The summed E-state index contributed by atoms with van der Waals surface area (Å²) in [6.07, 6.45) is 1.18. The van der Waals surface area contributed by atoms with Gasteiger partial charge in [0.1, 0.15) is 11.3 Å². The Morgan fingerprint density at radius 2 is 1.75 bits per heavy atom. The molecular weight excluding hydrogens is 376 g/mol. The second-order valence-corrected chi connectivity index (χ2v) is 6.68. The molecule has 4 rings (SSSR count). The summed E-state index contributed by atoms with van der Waals surface area (Å²) in [5.74, 6) is -0.139. The van der Waals surface area contributed by atoms with Gasteiger partial charge in [0, 0.05) is 22.2 Å². The average Bonchev–Trinajstić information content (AvgIpc) is 3.19. The topological polar surface area (TPSA) is 120 Å². The van der Waals surface area contributed by atoms with Crippen LogP contribution in [0.2, 0.25) is 0 Å². The summed E-state index contributed by atoms with van der Waals surface area (Å²) < 4.78 is 0. The highest BCUT2D eigenvalue weighted by Crippen LogP contribution is 2.31. The Bertz CT molecular complexity index is 1130. The molecule has 3 N–H and O–H groups in total. The van der Waals surface area contributed by atoms with Crippen LogP contribution in [0.15, 0.2) is 66.3 Å². The van der Waals surface area contributed by atoms with Crippen LogP contribution >= 0.6 is 11.3 Å². The number of nitrogen functional groups attached to an aromatic ring is 1. The van der Waals surface area contributed by atoms with Crippen molar-refractivity contribution >= 4 is 34.3 Å². The van der Waals surface area contributed by atoms with Gasteiger partial charge in [-0.1, -0.05) is 42.5 Å². The fourth-order valence-corrected chi connectivity index (χ4v) is 3.48. The largest absolute Gasteiger partial charge is 0.378 e. The number of aromatic nitrogens is 3. The van der Waals surface area contributed by atoms with E-state index >= 15 is 0 Å². The molecule has 0 aliphatic carbocycles. The fourth-order valence-electron chi connectivity index (χ4n) is 2.64. The maximum absolute atomic E-state index is 11.2. The fraction of sp³-hybridized carbons (Fsp3) is 0. The second kappa shape index (κ2) is 7.41. The third kappa shape index (κ3) is 3.51. The Hall–Kier alpha value is -3.85. The molecule has 0 fully saturated rings. The van der Waals surface area contributed by atoms with Gasteiger partial charge >= 0.3 is 5.69 Å². The summed E-state index contributed by atoms with van der Waals surface area (Å²) in [5, 5.41) is 17.1. The molecule has 0 saturated heterocycles. The van der Waals surface area contributed by atoms with E-state index < -0.39 is 4.92 Å². The van der Waals surface area contributed by atoms with Gasteiger partial charge in [-0.05, 0) is 12.1 Å². The van der Waals surface area contributed by atoms with E-state index in [0.717, 1.165) is 21.8 Å². The summed E-state index contributed by atoms with van der Waals surface area (Å²) in [5.41, 5.74) is 8.77. The predicted octanol–water partition coefficient (Wildman–Crippen LogP) is 4.50. The summed E-state index contributed by atoms with van der Waals surface area (Å²) in [6, 6.07) is 17.4. The van der Waals surface area contributed by atoms with Gasteiger partial charge in [0.15, 0.2) is 0 Å². The van der Waals surface area contributed by atoms with Gasteiger partial charge in [-0.3, -0.25) is 10.1 Å². The standard InChI is InChI=1S/C19H14N6O2S/c20-17-16(25(26)27)18(22-11-21-17)23-14-8-6-12(7-9-14)15-10-28-19(24-15)13-4-2-1-3-5-13/h1-11H,(H3,20,21,22,23). The molecule has 8 nitrogen and oxygen atoms in total. The van der Waals surface area contributed by atoms with E-state index in [1.165, 1.54) is 6.33 Å². The molecule has 0 aliphatic heterocycles. The van der Waals surface area contributed by atoms with Crippen LogP contribution in [0.1, 0.15) is 0 Å². The molecule has 0 amide bonds. The smallest absolute Gasteiger partial charge is 0.353 e. The molecule has 0 spiro atoms. The van der Waals surface area contributed by atoms with Crippen LogP contribution in [0.3, 0.4) is 0 Å². The van der Waals surface area contributed by atoms with E-state index in [1.54, 1.807) is 23.5 Å². The highest BCUT2D eigenvalue weighted by molar-refractivity contribution is 7.13. The molecule has 28 heavy (non-hydrogen) atoms. The van der Waals surface area contributed by atoms with Crippen molar-refractivity contribution in [2.75, 3.05) is 11.1 Å². The highest BCUT2D eigenvalue weighted by Gasteiger charge is 2.20. The van der Waals surface area contributed by atoms with Crippen LogP contribution in [0.4, 0.5) is 23.0 Å². The number of hydrogen-bond donors (Lipinski definition) is 2. The average molecular weight is 390 g/mol. The zero-order chi connectivity index (χ0) is 19.5. The number of thiazole rings is 1. The summed E-state index contributed by atoms with van der Waals surface area (Å²) in [4.78, 5) is 22.9. The Morgan fingerprint density at radius 3 is 2.46 bits per heavy atom. The quantitative estimate of drug-likeness (QED) is 0.380. The summed E-state index contributed by atoms with van der Waals surface area (Å²) >= 11 is 1.58. The second-order valence-electron chi connectivity index (χ2n) is 5.82. The highest BCUT2D eigenvalue weighted by atomic mass is 32.1. The van der Waals surface area contributed by atoms with Gasteiger partial charge in [-0.2, -0.15) is 0 Å². The van der Waals surface area contributed by atoms with Crippen molar-refractivity contribution in [2.24, 2.45) is 0 Å². The van der Waals surface area contributed by atoms with Crippen LogP contribution in [0.25, 0.3) is 21.8 Å². The van der Waals surface area contributed by atoms with Crippen molar-refractivity contribution in [1.29, 1.82) is 0 Å². The molecule has 2 aromatic heterocycles. The Labute approximate surface area is 163 Å². The van der Waals surface area contributed by atoms with Crippen molar-refractivity contribution in [3.8, 4) is 21.8 Å². The van der Waals surface area contributed by atoms with E-state index in [9.17, 15) is 10.1 Å². The molecule has 9 heteroatoms. The van der Waals surface area contributed by atoms with E-state index in [4.69, 9.17) is 5.73 Å². The molecule has 2 heterocycles. The Morgan fingerprint density at radius 1 is 1.00 bits per heavy atom. The Kier molecular flexibility index (Phi) is 4.65. The van der Waals surface area contributed by atoms with E-state index in [1.807, 2.05) is 47.8 Å².